The molecule has 0 bridgehead atoms. The van der Waals surface area contributed by atoms with Gasteiger partial charge in [0.15, 0.2) is 0 Å². The Bertz CT molecular complexity index is 3120. The Labute approximate surface area is 354 Å². The average Bonchev–Trinajstić information content (AvgIpc) is 3.62. The summed E-state index contributed by atoms with van der Waals surface area (Å²) >= 11 is 0. The van der Waals surface area contributed by atoms with Crippen LogP contribution < -0.4 is 9.80 Å². The largest absolute Gasteiger partial charge is 0.314 e. The van der Waals surface area contributed by atoms with Crippen molar-refractivity contribution in [2.75, 3.05) is 9.80 Å². The maximum Gasteiger partial charge on any atom is 0.0543 e. The summed E-state index contributed by atoms with van der Waals surface area (Å²) in [6.45, 7) is 14.2. The van der Waals surface area contributed by atoms with Gasteiger partial charge in [0.25, 0.3) is 0 Å². The van der Waals surface area contributed by atoms with Crippen molar-refractivity contribution in [3.05, 3.63) is 209 Å². The molecule has 0 saturated carbocycles. The van der Waals surface area contributed by atoms with Gasteiger partial charge in [-0.3, -0.25) is 0 Å². The first-order valence-corrected chi connectivity index (χ1v) is 21.6. The second kappa shape index (κ2) is 13.4. The number of benzene rings is 8. The molecule has 11 rings (SSSR count). The minimum Gasteiger partial charge on any atom is -0.314 e. The summed E-state index contributed by atoms with van der Waals surface area (Å²) in [6, 6.07) is 57.2. The Hall–Kier alpha value is -6.64. The van der Waals surface area contributed by atoms with Crippen molar-refractivity contribution in [1.29, 1.82) is 0 Å². The van der Waals surface area contributed by atoms with Gasteiger partial charge in [-0.2, -0.15) is 0 Å². The zero-order valence-electron chi connectivity index (χ0n) is 35.5. The van der Waals surface area contributed by atoms with Gasteiger partial charge in [-0.15, -0.1) is 0 Å². The lowest BCUT2D eigenvalue weighted by atomic mass is 9.79. The third-order valence-electron chi connectivity index (χ3n) is 13.7. The first-order valence-electron chi connectivity index (χ1n) is 21.6. The van der Waals surface area contributed by atoms with Crippen molar-refractivity contribution in [3.63, 3.8) is 0 Å². The quantitative estimate of drug-likeness (QED) is 0.166. The molecule has 3 aliphatic carbocycles. The number of anilines is 5. The van der Waals surface area contributed by atoms with Crippen LogP contribution in [0, 0.1) is 13.8 Å². The molecule has 2 nitrogen and oxygen atoms in total. The Balaban J connectivity index is 1.14. The second-order valence-corrected chi connectivity index (χ2v) is 18.2. The number of nitrogens with zero attached hydrogens (tertiary/aromatic N) is 2. The molecule has 0 fully saturated rings. The van der Waals surface area contributed by atoms with Crippen LogP contribution in [0.5, 0.6) is 0 Å². The molecule has 2 heteroatoms. The lowest BCUT2D eigenvalue weighted by molar-refractivity contribution is 0.652. The van der Waals surface area contributed by atoms with Gasteiger partial charge >= 0.3 is 0 Å². The number of aryl methyl sites for hydroxylation is 2. The molecule has 292 valence electrons. The van der Waals surface area contributed by atoms with Crippen molar-refractivity contribution in [2.24, 2.45) is 0 Å². The maximum atomic E-state index is 2.58. The van der Waals surface area contributed by atoms with Gasteiger partial charge in [-0.05, 0) is 160 Å². The first-order chi connectivity index (χ1) is 29.1. The highest BCUT2D eigenvalue weighted by molar-refractivity contribution is 6.13. The monoisotopic (exact) mass is 774 g/mol. The molecule has 0 spiro atoms. The molecule has 60 heavy (non-hydrogen) atoms. The van der Waals surface area contributed by atoms with E-state index in [-0.39, 0.29) is 10.8 Å². The summed E-state index contributed by atoms with van der Waals surface area (Å²) in [5.74, 6) is 0. The molecule has 0 N–H and O–H groups in total. The van der Waals surface area contributed by atoms with Gasteiger partial charge < -0.3 is 9.80 Å². The molecular formula is C58H50N2. The summed E-state index contributed by atoms with van der Waals surface area (Å²) in [5, 5.41) is 5.16. The fourth-order valence-corrected chi connectivity index (χ4v) is 10.8. The van der Waals surface area contributed by atoms with Crippen molar-refractivity contribution >= 4 is 50.0 Å². The Morgan fingerprint density at radius 2 is 0.900 bits per heavy atom. The average molecular weight is 775 g/mol. The molecule has 0 amide bonds. The van der Waals surface area contributed by atoms with Crippen LogP contribution >= 0.6 is 0 Å². The van der Waals surface area contributed by atoms with Crippen LogP contribution in [-0.4, -0.2) is 0 Å². The van der Waals surface area contributed by atoms with E-state index in [9.17, 15) is 0 Å². The van der Waals surface area contributed by atoms with E-state index in [4.69, 9.17) is 0 Å². The SMILES string of the molecule is Cc1cccc(N(C2=CC=CCC2)c2cc3c(c4ccccc24)-c2cc4c(cc2C3(C)C)-c2c(cc(N(c3ccccc3)c3cccc(C)c3)c3ccccc23)C4(C)C)c1. The molecule has 0 aliphatic heterocycles. The van der Waals surface area contributed by atoms with E-state index in [1.54, 1.807) is 0 Å². The molecule has 0 radical (unpaired) electrons. The van der Waals surface area contributed by atoms with E-state index < -0.39 is 0 Å². The van der Waals surface area contributed by atoms with E-state index in [2.05, 4.69) is 221 Å². The highest BCUT2D eigenvalue weighted by Gasteiger charge is 2.44. The van der Waals surface area contributed by atoms with Crippen molar-refractivity contribution < 1.29 is 0 Å². The van der Waals surface area contributed by atoms with Gasteiger partial charge in [0.1, 0.15) is 0 Å². The molecule has 0 unspecified atom stereocenters. The fourth-order valence-electron chi connectivity index (χ4n) is 10.8. The number of hydrogen-bond acceptors (Lipinski definition) is 2. The molecule has 8 aromatic rings. The normalized spacial score (nSPS) is 15.3. The van der Waals surface area contributed by atoms with Crippen LogP contribution in [0.4, 0.5) is 28.4 Å². The van der Waals surface area contributed by atoms with Crippen molar-refractivity contribution in [3.8, 4) is 22.3 Å². The molecule has 0 saturated heterocycles. The molecule has 0 atom stereocenters. The van der Waals surface area contributed by atoms with E-state index in [1.165, 1.54) is 106 Å². The number of hydrogen-bond donors (Lipinski definition) is 0. The number of allylic oxidation sites excluding steroid dienone is 4. The first kappa shape index (κ1) is 36.4. The zero-order valence-corrected chi connectivity index (χ0v) is 35.5. The smallest absolute Gasteiger partial charge is 0.0543 e. The Morgan fingerprint density at radius 3 is 1.40 bits per heavy atom. The van der Waals surface area contributed by atoms with Crippen molar-refractivity contribution in [2.45, 2.75) is 65.2 Å². The molecule has 3 aliphatic rings. The standard InChI is InChI=1S/C58H50N2/c1-37-19-17-25-41(31-37)59(39-21-9-7-10-22-39)53-35-51-55(45-29-15-13-27-43(45)53)47-33-50-48(34-49(47)57(51,3)4)56-46-30-16-14-28-44(46)54(36-52(56)58(50,5)6)60(40-23-11-8-12-24-40)42-26-18-20-38(2)32-42/h7-11,13-23,25-36H,12,24H2,1-6H3. The predicted octanol–water partition coefficient (Wildman–Crippen LogP) is 16.1. The third-order valence-corrected chi connectivity index (χ3v) is 13.7. The summed E-state index contributed by atoms with van der Waals surface area (Å²) in [4.78, 5) is 4.99. The van der Waals surface area contributed by atoms with E-state index in [0.29, 0.717) is 0 Å². The number of rotatable bonds is 6. The second-order valence-electron chi connectivity index (χ2n) is 18.2. The van der Waals surface area contributed by atoms with Crippen LogP contribution in [0.2, 0.25) is 0 Å². The van der Waals surface area contributed by atoms with Gasteiger partial charge in [0.05, 0.1) is 11.4 Å². The summed E-state index contributed by atoms with van der Waals surface area (Å²) < 4.78 is 0. The van der Waals surface area contributed by atoms with Crippen LogP contribution in [0.3, 0.4) is 0 Å². The topological polar surface area (TPSA) is 6.48 Å². The van der Waals surface area contributed by atoms with E-state index in [0.717, 1.165) is 18.5 Å². The predicted molar refractivity (Wildman–Crippen MR) is 256 cm³/mol. The highest BCUT2D eigenvalue weighted by atomic mass is 15.2. The van der Waals surface area contributed by atoms with Crippen LogP contribution in [0.25, 0.3) is 43.8 Å². The van der Waals surface area contributed by atoms with E-state index >= 15 is 0 Å². The highest BCUT2D eigenvalue weighted by Crippen LogP contribution is 2.60. The molecular weight excluding hydrogens is 725 g/mol. The molecule has 0 heterocycles. The minimum atomic E-state index is -0.237. The van der Waals surface area contributed by atoms with Gasteiger partial charge in [-0.1, -0.05) is 131 Å². The Kier molecular flexibility index (Phi) is 8.16. The summed E-state index contributed by atoms with van der Waals surface area (Å²) in [7, 11) is 0. The number of fused-ring (bicyclic) bond motifs is 10. The van der Waals surface area contributed by atoms with E-state index in [1.807, 2.05) is 0 Å². The zero-order chi connectivity index (χ0) is 40.9. The minimum absolute atomic E-state index is 0.227. The van der Waals surface area contributed by atoms with Gasteiger partial charge in [-0.25, -0.2) is 0 Å². The van der Waals surface area contributed by atoms with Crippen LogP contribution in [0.1, 0.15) is 73.9 Å². The lowest BCUT2D eigenvalue weighted by Gasteiger charge is -2.32. The molecule has 8 aromatic carbocycles. The maximum absolute atomic E-state index is 2.58. The summed E-state index contributed by atoms with van der Waals surface area (Å²) in [5.41, 5.74) is 20.4. The lowest BCUT2D eigenvalue weighted by Crippen LogP contribution is -2.20. The summed E-state index contributed by atoms with van der Waals surface area (Å²) in [6.07, 6.45) is 8.87. The number of para-hydroxylation sites is 1. The Morgan fingerprint density at radius 1 is 0.433 bits per heavy atom. The third kappa shape index (κ3) is 5.40. The van der Waals surface area contributed by atoms with Gasteiger partial charge in [0, 0.05) is 44.4 Å². The molecule has 0 aromatic heterocycles. The van der Waals surface area contributed by atoms with Crippen LogP contribution in [-0.2, 0) is 10.8 Å². The fraction of sp³-hybridized carbons (Fsp3) is 0.172. The van der Waals surface area contributed by atoms with Gasteiger partial charge in [0.2, 0.25) is 0 Å². The van der Waals surface area contributed by atoms with Crippen molar-refractivity contribution in [1.82, 2.24) is 0 Å². The van der Waals surface area contributed by atoms with Crippen LogP contribution in [0.15, 0.2) is 176 Å².